The fourth-order valence-electron chi connectivity index (χ4n) is 1.78. The van der Waals surface area contributed by atoms with Crippen LogP contribution in [0.4, 0.5) is 0 Å². The zero-order valence-electron chi connectivity index (χ0n) is 10.4. The zero-order valence-corrected chi connectivity index (χ0v) is 12.0. The Balaban J connectivity index is 2.01. The maximum absolute atomic E-state index is 11.8. The van der Waals surface area contributed by atoms with Crippen molar-refractivity contribution >= 4 is 21.8 Å². The monoisotopic (exact) mass is 322 g/mol. The third-order valence-corrected chi connectivity index (χ3v) is 3.42. The Morgan fingerprint density at radius 3 is 2.58 bits per heavy atom. The fourth-order valence-corrected chi connectivity index (χ4v) is 2.05. The first-order valence-electron chi connectivity index (χ1n) is 5.95. The van der Waals surface area contributed by atoms with Crippen molar-refractivity contribution in [3.63, 3.8) is 0 Å². The number of aromatic nitrogens is 1. The molecule has 1 aromatic heterocycles. The Morgan fingerprint density at radius 1 is 1.32 bits per heavy atom. The summed E-state index contributed by atoms with van der Waals surface area (Å²) in [5.41, 5.74) is 1.25. The van der Waals surface area contributed by atoms with E-state index >= 15 is 0 Å². The molecule has 2 atom stereocenters. The summed E-state index contributed by atoms with van der Waals surface area (Å²) in [6.07, 6.45) is 0.942. The molecule has 1 amide bonds. The van der Waals surface area contributed by atoms with Crippen molar-refractivity contribution in [2.75, 3.05) is 0 Å². The molecule has 0 spiro atoms. The van der Waals surface area contributed by atoms with E-state index in [4.69, 9.17) is 0 Å². The van der Waals surface area contributed by atoms with Gasteiger partial charge < -0.3 is 15.4 Å². The van der Waals surface area contributed by atoms with Gasteiger partial charge in [0.15, 0.2) is 0 Å². The van der Waals surface area contributed by atoms with Crippen LogP contribution < -0.4 is 5.32 Å². The predicted octanol–water partition coefficient (Wildman–Crippen LogP) is 2.63. The summed E-state index contributed by atoms with van der Waals surface area (Å²) in [7, 11) is 0. The van der Waals surface area contributed by atoms with Crippen LogP contribution in [0.25, 0.3) is 0 Å². The number of hydrogen-bond donors (Lipinski definition) is 3. The van der Waals surface area contributed by atoms with Crippen LogP contribution in [0.15, 0.2) is 47.1 Å². The van der Waals surface area contributed by atoms with Crippen LogP contribution in [0.3, 0.4) is 0 Å². The van der Waals surface area contributed by atoms with Crippen LogP contribution in [0.1, 0.15) is 29.1 Å². The van der Waals surface area contributed by atoms with E-state index in [-0.39, 0.29) is 11.9 Å². The molecule has 0 bridgehead atoms. The number of benzene rings is 1. The predicted molar refractivity (Wildman–Crippen MR) is 76.8 cm³/mol. The summed E-state index contributed by atoms with van der Waals surface area (Å²) < 4.78 is 0.950. The van der Waals surface area contributed by atoms with Crippen molar-refractivity contribution in [2.45, 2.75) is 19.1 Å². The smallest absolute Gasteiger partial charge is 0.267 e. The molecule has 0 aliphatic heterocycles. The number of carbonyl (C=O) groups excluding carboxylic acids is 1. The zero-order chi connectivity index (χ0) is 13.8. The largest absolute Gasteiger partial charge is 0.386 e. The van der Waals surface area contributed by atoms with Crippen molar-refractivity contribution in [1.29, 1.82) is 0 Å². The molecular formula is C14H15BrN2O2. The van der Waals surface area contributed by atoms with Crippen LogP contribution in [-0.4, -0.2) is 22.0 Å². The van der Waals surface area contributed by atoms with Gasteiger partial charge in [-0.1, -0.05) is 28.1 Å². The average molecular weight is 323 g/mol. The number of nitrogens with one attached hydrogen (secondary N) is 2. The molecule has 0 fully saturated rings. The Morgan fingerprint density at radius 2 is 2.00 bits per heavy atom. The van der Waals surface area contributed by atoms with Gasteiger partial charge in [0.05, 0.1) is 12.1 Å². The molecule has 3 N–H and O–H groups in total. The van der Waals surface area contributed by atoms with E-state index in [1.54, 1.807) is 25.3 Å². The van der Waals surface area contributed by atoms with Crippen molar-refractivity contribution in [3.05, 3.63) is 58.3 Å². The topological polar surface area (TPSA) is 65.1 Å². The van der Waals surface area contributed by atoms with Gasteiger partial charge in [-0.15, -0.1) is 0 Å². The van der Waals surface area contributed by atoms with E-state index in [9.17, 15) is 9.90 Å². The van der Waals surface area contributed by atoms with E-state index in [1.807, 2.05) is 24.3 Å². The van der Waals surface area contributed by atoms with E-state index in [0.29, 0.717) is 5.69 Å². The number of aliphatic hydroxyl groups excluding tert-OH is 1. The molecule has 19 heavy (non-hydrogen) atoms. The average Bonchev–Trinajstić information content (AvgIpc) is 2.92. The lowest BCUT2D eigenvalue weighted by atomic mass is 10.0. The second-order valence-corrected chi connectivity index (χ2v) is 5.26. The molecule has 0 saturated heterocycles. The van der Waals surface area contributed by atoms with Gasteiger partial charge >= 0.3 is 0 Å². The van der Waals surface area contributed by atoms with E-state index < -0.39 is 6.10 Å². The number of halogens is 1. The fraction of sp³-hybridized carbons (Fsp3) is 0.214. The SMILES string of the molecule is CC(NC(=O)c1ccc[nH]1)C(O)c1ccc(Br)cc1. The van der Waals surface area contributed by atoms with Crippen LogP contribution in [0, 0.1) is 0 Å². The number of hydrogen-bond acceptors (Lipinski definition) is 2. The number of aromatic amines is 1. The summed E-state index contributed by atoms with van der Waals surface area (Å²) in [5, 5.41) is 12.9. The highest BCUT2D eigenvalue weighted by atomic mass is 79.9. The first kappa shape index (κ1) is 13.8. The van der Waals surface area contributed by atoms with Crippen LogP contribution in [0.5, 0.6) is 0 Å². The minimum atomic E-state index is -0.744. The van der Waals surface area contributed by atoms with Gasteiger partial charge in [-0.05, 0) is 36.8 Å². The van der Waals surface area contributed by atoms with E-state index in [0.717, 1.165) is 10.0 Å². The van der Waals surface area contributed by atoms with Gasteiger partial charge in [0, 0.05) is 10.7 Å². The quantitative estimate of drug-likeness (QED) is 0.810. The highest BCUT2D eigenvalue weighted by molar-refractivity contribution is 9.10. The van der Waals surface area contributed by atoms with Gasteiger partial charge in [-0.25, -0.2) is 0 Å². The van der Waals surface area contributed by atoms with Gasteiger partial charge in [0.1, 0.15) is 5.69 Å². The summed E-state index contributed by atoms with van der Waals surface area (Å²) >= 11 is 3.34. The minimum Gasteiger partial charge on any atom is -0.386 e. The maximum Gasteiger partial charge on any atom is 0.267 e. The standard InChI is InChI=1S/C14H15BrN2O2/c1-9(17-14(19)12-3-2-8-16-12)13(18)10-4-6-11(15)7-5-10/h2-9,13,16,18H,1H3,(H,17,19). The van der Waals surface area contributed by atoms with Crippen molar-refractivity contribution in [3.8, 4) is 0 Å². The Hall–Kier alpha value is -1.59. The van der Waals surface area contributed by atoms with Gasteiger partial charge in [0.2, 0.25) is 0 Å². The number of amides is 1. The van der Waals surface area contributed by atoms with Gasteiger partial charge in [0.25, 0.3) is 5.91 Å². The molecule has 5 heteroatoms. The highest BCUT2D eigenvalue weighted by Crippen LogP contribution is 2.19. The van der Waals surface area contributed by atoms with Crippen molar-refractivity contribution in [1.82, 2.24) is 10.3 Å². The first-order valence-corrected chi connectivity index (χ1v) is 6.75. The van der Waals surface area contributed by atoms with Crippen molar-refractivity contribution < 1.29 is 9.90 Å². The lowest BCUT2D eigenvalue weighted by molar-refractivity contribution is 0.0848. The first-order chi connectivity index (χ1) is 9.08. The second kappa shape index (κ2) is 6.04. The van der Waals surface area contributed by atoms with Crippen LogP contribution in [-0.2, 0) is 0 Å². The molecule has 1 aromatic carbocycles. The highest BCUT2D eigenvalue weighted by Gasteiger charge is 2.19. The molecule has 0 saturated carbocycles. The summed E-state index contributed by atoms with van der Waals surface area (Å²) in [6.45, 7) is 1.77. The van der Waals surface area contributed by atoms with E-state index in [2.05, 4.69) is 26.2 Å². The van der Waals surface area contributed by atoms with E-state index in [1.165, 1.54) is 0 Å². The normalized spacial score (nSPS) is 13.8. The second-order valence-electron chi connectivity index (χ2n) is 4.34. The maximum atomic E-state index is 11.8. The molecule has 2 unspecified atom stereocenters. The number of aliphatic hydroxyl groups is 1. The van der Waals surface area contributed by atoms with Gasteiger partial charge in [-0.2, -0.15) is 0 Å². The lowest BCUT2D eigenvalue weighted by Gasteiger charge is -2.20. The number of carbonyl (C=O) groups is 1. The lowest BCUT2D eigenvalue weighted by Crippen LogP contribution is -2.37. The Bertz CT molecular complexity index is 537. The van der Waals surface area contributed by atoms with Crippen LogP contribution in [0.2, 0.25) is 0 Å². The van der Waals surface area contributed by atoms with Crippen LogP contribution >= 0.6 is 15.9 Å². The molecule has 2 rings (SSSR count). The molecule has 0 radical (unpaired) electrons. The Labute approximate surface area is 120 Å². The Kier molecular flexibility index (Phi) is 4.39. The van der Waals surface area contributed by atoms with Gasteiger partial charge in [-0.3, -0.25) is 4.79 Å². The minimum absolute atomic E-state index is 0.228. The molecule has 0 aliphatic carbocycles. The molecule has 100 valence electrons. The summed E-state index contributed by atoms with van der Waals surface area (Å²) in [4.78, 5) is 14.7. The third-order valence-electron chi connectivity index (χ3n) is 2.89. The number of H-pyrrole nitrogens is 1. The van der Waals surface area contributed by atoms with Crippen molar-refractivity contribution in [2.24, 2.45) is 0 Å². The molecular weight excluding hydrogens is 308 g/mol. The molecule has 4 nitrogen and oxygen atoms in total. The summed E-state index contributed by atoms with van der Waals surface area (Å²) in [6, 6.07) is 10.4. The number of rotatable bonds is 4. The molecule has 1 heterocycles. The summed E-state index contributed by atoms with van der Waals surface area (Å²) in [5.74, 6) is -0.228. The molecule has 0 aliphatic rings. The molecule has 2 aromatic rings. The third kappa shape index (κ3) is 3.45.